The predicted molar refractivity (Wildman–Crippen MR) is 80.5 cm³/mol. The minimum atomic E-state index is -0.131. The fraction of sp³-hybridized carbons (Fsp3) is 0.938. The largest absolute Gasteiger partial charge is 0.396 e. The van der Waals surface area contributed by atoms with Gasteiger partial charge in [-0.05, 0) is 45.7 Å². The molecule has 1 saturated heterocycles. The van der Waals surface area contributed by atoms with Gasteiger partial charge in [0.2, 0.25) is 5.91 Å². The lowest BCUT2D eigenvalue weighted by Gasteiger charge is -2.33. The summed E-state index contributed by atoms with van der Waals surface area (Å²) in [4.78, 5) is 14.8. The Bertz CT molecular complexity index is 326. The molecule has 2 rings (SSSR count). The van der Waals surface area contributed by atoms with E-state index in [0.717, 1.165) is 32.4 Å². The van der Waals surface area contributed by atoms with Crippen molar-refractivity contribution in [1.82, 2.24) is 10.2 Å². The topological polar surface area (TPSA) is 52.6 Å². The van der Waals surface area contributed by atoms with Crippen LogP contribution in [-0.4, -0.2) is 47.7 Å². The summed E-state index contributed by atoms with van der Waals surface area (Å²) >= 11 is 0. The van der Waals surface area contributed by atoms with Gasteiger partial charge in [0.1, 0.15) is 0 Å². The Kier molecular flexibility index (Phi) is 5.44. The quantitative estimate of drug-likeness (QED) is 0.828. The van der Waals surface area contributed by atoms with Crippen LogP contribution in [0.25, 0.3) is 0 Å². The molecule has 4 heteroatoms. The molecule has 2 N–H and O–H groups in total. The third kappa shape index (κ3) is 3.53. The highest BCUT2D eigenvalue weighted by Crippen LogP contribution is 2.37. The van der Waals surface area contributed by atoms with Gasteiger partial charge in [-0.3, -0.25) is 9.69 Å². The average Bonchev–Trinajstić information content (AvgIpc) is 2.68. The minimum Gasteiger partial charge on any atom is -0.396 e. The van der Waals surface area contributed by atoms with E-state index in [2.05, 4.69) is 17.1 Å². The number of rotatable bonds is 4. The second-order valence-corrected chi connectivity index (χ2v) is 6.89. The predicted octanol–water partition coefficient (Wildman–Crippen LogP) is 1.92. The molecule has 0 aromatic carbocycles. The Morgan fingerprint density at radius 3 is 2.55 bits per heavy atom. The second kappa shape index (κ2) is 6.90. The van der Waals surface area contributed by atoms with Crippen LogP contribution in [0.1, 0.15) is 58.8 Å². The van der Waals surface area contributed by atoms with Crippen molar-refractivity contribution in [1.29, 1.82) is 0 Å². The summed E-state index contributed by atoms with van der Waals surface area (Å²) in [5.41, 5.74) is -0.131. The van der Waals surface area contributed by atoms with E-state index in [0.29, 0.717) is 0 Å². The molecule has 0 spiro atoms. The molecule has 1 aliphatic heterocycles. The third-order valence-electron chi connectivity index (χ3n) is 5.33. The monoisotopic (exact) mass is 282 g/mol. The average molecular weight is 282 g/mol. The first-order valence-electron chi connectivity index (χ1n) is 8.22. The fourth-order valence-electron chi connectivity index (χ4n) is 3.61. The van der Waals surface area contributed by atoms with Crippen molar-refractivity contribution in [2.75, 3.05) is 19.7 Å². The van der Waals surface area contributed by atoms with Gasteiger partial charge in [-0.25, -0.2) is 0 Å². The standard InChI is InChI=1S/C16H30N2O2/c1-13(18-10-5-3-4-6-11-18)15(20)17-14-8-7-9-16(14,2)12-19/h13-14,19H,3-12H2,1-2H3,(H,17,20). The van der Waals surface area contributed by atoms with E-state index in [4.69, 9.17) is 0 Å². The molecule has 20 heavy (non-hydrogen) atoms. The van der Waals surface area contributed by atoms with E-state index in [9.17, 15) is 9.90 Å². The van der Waals surface area contributed by atoms with Gasteiger partial charge in [-0.1, -0.05) is 26.2 Å². The number of nitrogens with one attached hydrogen (secondary N) is 1. The summed E-state index contributed by atoms with van der Waals surface area (Å²) in [6, 6.07) is 0.0890. The first-order chi connectivity index (χ1) is 9.57. The second-order valence-electron chi connectivity index (χ2n) is 6.89. The molecule has 2 aliphatic rings. The van der Waals surface area contributed by atoms with E-state index < -0.39 is 0 Å². The molecular weight excluding hydrogens is 252 g/mol. The number of carbonyl (C=O) groups excluding carboxylic acids is 1. The van der Waals surface area contributed by atoms with Crippen LogP contribution >= 0.6 is 0 Å². The van der Waals surface area contributed by atoms with Gasteiger partial charge < -0.3 is 10.4 Å². The molecule has 3 unspecified atom stereocenters. The van der Waals surface area contributed by atoms with Gasteiger partial charge in [0, 0.05) is 11.5 Å². The van der Waals surface area contributed by atoms with Crippen LogP contribution in [0.3, 0.4) is 0 Å². The third-order valence-corrected chi connectivity index (χ3v) is 5.33. The van der Waals surface area contributed by atoms with Crippen molar-refractivity contribution in [3.63, 3.8) is 0 Å². The van der Waals surface area contributed by atoms with E-state index in [-0.39, 0.29) is 30.0 Å². The van der Waals surface area contributed by atoms with Crippen molar-refractivity contribution in [2.24, 2.45) is 5.41 Å². The Balaban J connectivity index is 1.90. The molecule has 4 nitrogen and oxygen atoms in total. The van der Waals surface area contributed by atoms with Crippen molar-refractivity contribution in [2.45, 2.75) is 70.9 Å². The first kappa shape index (κ1) is 15.8. The van der Waals surface area contributed by atoms with Gasteiger partial charge >= 0.3 is 0 Å². The molecular formula is C16H30N2O2. The van der Waals surface area contributed by atoms with Gasteiger partial charge in [0.25, 0.3) is 0 Å². The summed E-state index contributed by atoms with van der Waals surface area (Å²) in [6.45, 7) is 6.34. The van der Waals surface area contributed by atoms with Crippen LogP contribution in [0.4, 0.5) is 0 Å². The molecule has 1 saturated carbocycles. The number of hydrogen-bond donors (Lipinski definition) is 2. The van der Waals surface area contributed by atoms with Crippen molar-refractivity contribution < 1.29 is 9.90 Å². The minimum absolute atomic E-state index is 0.0448. The highest BCUT2D eigenvalue weighted by atomic mass is 16.3. The highest BCUT2D eigenvalue weighted by Gasteiger charge is 2.39. The zero-order valence-corrected chi connectivity index (χ0v) is 13.0. The number of aliphatic hydroxyl groups excluding tert-OH is 1. The van der Waals surface area contributed by atoms with E-state index in [1.165, 1.54) is 25.7 Å². The van der Waals surface area contributed by atoms with Crippen LogP contribution in [0.15, 0.2) is 0 Å². The van der Waals surface area contributed by atoms with Gasteiger partial charge in [-0.2, -0.15) is 0 Å². The zero-order chi connectivity index (χ0) is 14.6. The van der Waals surface area contributed by atoms with Crippen molar-refractivity contribution in [3.8, 4) is 0 Å². The molecule has 0 aromatic rings. The Labute approximate surface area is 122 Å². The maximum absolute atomic E-state index is 12.5. The number of amides is 1. The Morgan fingerprint density at radius 2 is 1.95 bits per heavy atom. The SMILES string of the molecule is CC(C(=O)NC1CCCC1(C)CO)N1CCCCCC1. The normalized spacial score (nSPS) is 33.6. The van der Waals surface area contributed by atoms with Gasteiger partial charge in [0.15, 0.2) is 0 Å². The number of nitrogens with zero attached hydrogens (tertiary/aromatic N) is 1. The number of hydrogen-bond acceptors (Lipinski definition) is 3. The molecule has 1 aliphatic carbocycles. The van der Waals surface area contributed by atoms with Crippen molar-refractivity contribution >= 4 is 5.91 Å². The maximum Gasteiger partial charge on any atom is 0.237 e. The summed E-state index contributed by atoms with van der Waals surface area (Å²) in [7, 11) is 0. The molecule has 0 aromatic heterocycles. The van der Waals surface area contributed by atoms with Gasteiger partial charge in [-0.15, -0.1) is 0 Å². The highest BCUT2D eigenvalue weighted by molar-refractivity contribution is 5.81. The summed E-state index contributed by atoms with van der Waals surface area (Å²) in [5.74, 6) is 0.137. The summed E-state index contributed by atoms with van der Waals surface area (Å²) < 4.78 is 0. The van der Waals surface area contributed by atoms with Gasteiger partial charge in [0.05, 0.1) is 12.6 Å². The van der Waals surface area contributed by atoms with Crippen LogP contribution in [0.5, 0.6) is 0 Å². The smallest absolute Gasteiger partial charge is 0.237 e. The Hall–Kier alpha value is -0.610. The maximum atomic E-state index is 12.5. The molecule has 1 heterocycles. The van der Waals surface area contributed by atoms with Crippen LogP contribution < -0.4 is 5.32 Å². The lowest BCUT2D eigenvalue weighted by molar-refractivity contribution is -0.127. The number of aliphatic hydroxyl groups is 1. The number of carbonyl (C=O) groups is 1. The van der Waals surface area contributed by atoms with Crippen LogP contribution in [-0.2, 0) is 4.79 Å². The number of likely N-dealkylation sites (tertiary alicyclic amines) is 1. The Morgan fingerprint density at radius 1 is 1.30 bits per heavy atom. The molecule has 0 radical (unpaired) electrons. The van der Waals surface area contributed by atoms with E-state index in [1.807, 2.05) is 6.92 Å². The zero-order valence-electron chi connectivity index (χ0n) is 13.0. The summed E-state index contributed by atoms with van der Waals surface area (Å²) in [6.07, 6.45) is 8.08. The molecule has 0 bridgehead atoms. The lowest BCUT2D eigenvalue weighted by atomic mass is 9.85. The van der Waals surface area contributed by atoms with Crippen molar-refractivity contribution in [3.05, 3.63) is 0 Å². The van der Waals surface area contributed by atoms with E-state index in [1.54, 1.807) is 0 Å². The molecule has 116 valence electrons. The van der Waals surface area contributed by atoms with Crippen LogP contribution in [0, 0.1) is 5.41 Å². The molecule has 3 atom stereocenters. The first-order valence-corrected chi connectivity index (χ1v) is 8.22. The van der Waals surface area contributed by atoms with Crippen LogP contribution in [0.2, 0.25) is 0 Å². The molecule has 2 fully saturated rings. The lowest BCUT2D eigenvalue weighted by Crippen LogP contribution is -2.52. The fourth-order valence-corrected chi connectivity index (χ4v) is 3.61. The van der Waals surface area contributed by atoms with E-state index >= 15 is 0 Å². The molecule has 1 amide bonds. The summed E-state index contributed by atoms with van der Waals surface area (Å²) in [5, 5.41) is 12.8.